The van der Waals surface area contributed by atoms with Crippen LogP contribution in [-0.4, -0.2) is 37.3 Å². The average molecular weight is 219 g/mol. The Morgan fingerprint density at radius 2 is 1.88 bits per heavy atom. The Bertz CT molecular complexity index is 360. The molecule has 1 N–H and O–H groups in total. The average Bonchev–Trinajstić information content (AvgIpc) is 2.29. The molecular weight excluding hydrogens is 202 g/mol. The van der Waals surface area contributed by atoms with Crippen molar-refractivity contribution in [3.63, 3.8) is 0 Å². The molecule has 0 saturated carbocycles. The van der Waals surface area contributed by atoms with Gasteiger partial charge in [0.1, 0.15) is 12.4 Å². The first kappa shape index (κ1) is 12.6. The predicted octanol–water partition coefficient (Wildman–Crippen LogP) is 1.12. The van der Waals surface area contributed by atoms with Crippen LogP contribution >= 0.6 is 0 Å². The van der Waals surface area contributed by atoms with Gasteiger partial charge in [0.05, 0.1) is 13.2 Å². The molecule has 0 unspecified atom stereocenters. The first-order valence-electron chi connectivity index (χ1n) is 5.15. The summed E-state index contributed by atoms with van der Waals surface area (Å²) in [5.41, 5.74) is 0.881. The van der Waals surface area contributed by atoms with Crippen molar-refractivity contribution >= 4 is 0 Å². The second-order valence-corrected chi connectivity index (χ2v) is 3.68. The number of rotatable bonds is 4. The van der Waals surface area contributed by atoms with Gasteiger partial charge in [-0.05, 0) is 31.8 Å². The van der Waals surface area contributed by atoms with E-state index in [0.29, 0.717) is 6.61 Å². The van der Waals surface area contributed by atoms with Crippen molar-refractivity contribution in [1.82, 2.24) is 4.90 Å². The van der Waals surface area contributed by atoms with E-state index in [9.17, 15) is 0 Å². The van der Waals surface area contributed by atoms with Gasteiger partial charge in [0, 0.05) is 0 Å². The zero-order chi connectivity index (χ0) is 11.8. The molecule has 0 amide bonds. The van der Waals surface area contributed by atoms with Crippen LogP contribution in [0.15, 0.2) is 24.3 Å². The van der Waals surface area contributed by atoms with Crippen LogP contribution in [-0.2, 0) is 6.61 Å². The van der Waals surface area contributed by atoms with E-state index in [2.05, 4.69) is 11.8 Å². The fourth-order valence-corrected chi connectivity index (χ4v) is 1.08. The molecule has 0 aliphatic rings. The SMILES string of the molecule is CN(C)CC#CCOc1ccc(CO)cc1. The first-order valence-corrected chi connectivity index (χ1v) is 5.15. The molecule has 3 nitrogen and oxygen atoms in total. The Balaban J connectivity index is 2.33. The first-order chi connectivity index (χ1) is 7.72. The van der Waals surface area contributed by atoms with Crippen LogP contribution in [0, 0.1) is 11.8 Å². The van der Waals surface area contributed by atoms with E-state index in [1.165, 1.54) is 0 Å². The lowest BCUT2D eigenvalue weighted by molar-refractivity contribution is 0.281. The van der Waals surface area contributed by atoms with Crippen LogP contribution in [0.3, 0.4) is 0 Å². The molecule has 0 heterocycles. The van der Waals surface area contributed by atoms with Crippen molar-refractivity contribution in [2.75, 3.05) is 27.2 Å². The quantitative estimate of drug-likeness (QED) is 0.770. The van der Waals surface area contributed by atoms with E-state index in [1.807, 2.05) is 43.3 Å². The summed E-state index contributed by atoms with van der Waals surface area (Å²) in [5, 5.41) is 8.86. The molecule has 0 aliphatic heterocycles. The third-order valence-electron chi connectivity index (χ3n) is 1.94. The lowest BCUT2D eigenvalue weighted by Crippen LogP contribution is -2.11. The summed E-state index contributed by atoms with van der Waals surface area (Å²) in [6.07, 6.45) is 0. The number of aliphatic hydroxyl groups is 1. The predicted molar refractivity (Wildman–Crippen MR) is 64.2 cm³/mol. The van der Waals surface area contributed by atoms with Gasteiger partial charge in [0.2, 0.25) is 0 Å². The van der Waals surface area contributed by atoms with E-state index in [0.717, 1.165) is 17.9 Å². The summed E-state index contributed by atoms with van der Waals surface area (Å²) in [6.45, 7) is 1.20. The van der Waals surface area contributed by atoms with Crippen molar-refractivity contribution < 1.29 is 9.84 Å². The molecule has 86 valence electrons. The standard InChI is InChI=1S/C13H17NO2/c1-14(2)9-3-4-10-16-13-7-5-12(11-15)6-8-13/h5-8,15H,9-11H2,1-2H3. The number of benzene rings is 1. The third kappa shape index (κ3) is 4.83. The maximum Gasteiger partial charge on any atom is 0.149 e. The fourth-order valence-electron chi connectivity index (χ4n) is 1.08. The normalized spacial score (nSPS) is 9.75. The summed E-state index contributed by atoms with van der Waals surface area (Å²) in [5.74, 6) is 6.69. The lowest BCUT2D eigenvalue weighted by atomic mass is 10.2. The molecule has 0 aliphatic carbocycles. The number of hydrogen-bond donors (Lipinski definition) is 1. The summed E-state index contributed by atoms with van der Waals surface area (Å²) >= 11 is 0. The van der Waals surface area contributed by atoms with Crippen LogP contribution < -0.4 is 4.74 Å². The Hall–Kier alpha value is -1.50. The fraction of sp³-hybridized carbons (Fsp3) is 0.385. The summed E-state index contributed by atoms with van der Waals surface area (Å²) in [6, 6.07) is 7.34. The van der Waals surface area contributed by atoms with Gasteiger partial charge in [-0.1, -0.05) is 24.0 Å². The van der Waals surface area contributed by atoms with Crippen molar-refractivity contribution in [3.8, 4) is 17.6 Å². The van der Waals surface area contributed by atoms with Gasteiger partial charge in [-0.15, -0.1) is 0 Å². The molecule has 1 aromatic carbocycles. The zero-order valence-corrected chi connectivity index (χ0v) is 9.73. The molecule has 0 radical (unpaired) electrons. The van der Waals surface area contributed by atoms with E-state index >= 15 is 0 Å². The van der Waals surface area contributed by atoms with E-state index in [4.69, 9.17) is 9.84 Å². The molecule has 1 rings (SSSR count). The monoisotopic (exact) mass is 219 g/mol. The number of aliphatic hydroxyl groups excluding tert-OH is 1. The molecule has 0 spiro atoms. The van der Waals surface area contributed by atoms with Gasteiger partial charge in [-0.3, -0.25) is 4.90 Å². The van der Waals surface area contributed by atoms with Crippen molar-refractivity contribution in [1.29, 1.82) is 0 Å². The topological polar surface area (TPSA) is 32.7 Å². The molecule has 3 heteroatoms. The molecular formula is C13H17NO2. The lowest BCUT2D eigenvalue weighted by Gasteiger charge is -2.03. The molecule has 0 atom stereocenters. The highest BCUT2D eigenvalue weighted by molar-refractivity contribution is 5.27. The molecule has 16 heavy (non-hydrogen) atoms. The molecule has 1 aromatic rings. The largest absolute Gasteiger partial charge is 0.481 e. The zero-order valence-electron chi connectivity index (χ0n) is 9.73. The number of nitrogens with zero attached hydrogens (tertiary/aromatic N) is 1. The van der Waals surface area contributed by atoms with Crippen LogP contribution in [0.25, 0.3) is 0 Å². The van der Waals surface area contributed by atoms with Crippen molar-refractivity contribution in [3.05, 3.63) is 29.8 Å². The van der Waals surface area contributed by atoms with Crippen LogP contribution in [0.2, 0.25) is 0 Å². The van der Waals surface area contributed by atoms with Gasteiger partial charge < -0.3 is 9.84 Å². The van der Waals surface area contributed by atoms with Crippen LogP contribution in [0.4, 0.5) is 0 Å². The summed E-state index contributed by atoms with van der Waals surface area (Å²) in [4.78, 5) is 2.00. The van der Waals surface area contributed by atoms with E-state index < -0.39 is 0 Å². The second-order valence-electron chi connectivity index (χ2n) is 3.68. The van der Waals surface area contributed by atoms with Gasteiger partial charge in [0.15, 0.2) is 0 Å². The highest BCUT2D eigenvalue weighted by atomic mass is 16.5. The Kier molecular flexibility index (Phi) is 5.41. The van der Waals surface area contributed by atoms with Gasteiger partial charge in [-0.25, -0.2) is 0 Å². The minimum Gasteiger partial charge on any atom is -0.481 e. The highest BCUT2D eigenvalue weighted by Gasteiger charge is 1.92. The summed E-state index contributed by atoms with van der Waals surface area (Å²) in [7, 11) is 3.95. The van der Waals surface area contributed by atoms with Gasteiger partial charge in [0.25, 0.3) is 0 Å². The van der Waals surface area contributed by atoms with Gasteiger partial charge in [-0.2, -0.15) is 0 Å². The molecule has 0 fully saturated rings. The summed E-state index contributed by atoms with van der Waals surface area (Å²) < 4.78 is 5.41. The molecule has 0 bridgehead atoms. The van der Waals surface area contributed by atoms with Crippen molar-refractivity contribution in [2.45, 2.75) is 6.61 Å². The Labute approximate surface area is 96.7 Å². The maximum absolute atomic E-state index is 8.86. The number of ether oxygens (including phenoxy) is 1. The van der Waals surface area contributed by atoms with Crippen LogP contribution in [0.5, 0.6) is 5.75 Å². The Morgan fingerprint density at radius 3 is 2.44 bits per heavy atom. The minimum atomic E-state index is 0.0585. The smallest absolute Gasteiger partial charge is 0.149 e. The minimum absolute atomic E-state index is 0.0585. The second kappa shape index (κ2) is 6.89. The maximum atomic E-state index is 8.86. The van der Waals surface area contributed by atoms with E-state index in [1.54, 1.807) is 0 Å². The Morgan fingerprint density at radius 1 is 1.19 bits per heavy atom. The van der Waals surface area contributed by atoms with Crippen molar-refractivity contribution in [2.24, 2.45) is 0 Å². The van der Waals surface area contributed by atoms with Gasteiger partial charge >= 0.3 is 0 Å². The van der Waals surface area contributed by atoms with E-state index in [-0.39, 0.29) is 6.61 Å². The highest BCUT2D eigenvalue weighted by Crippen LogP contribution is 2.11. The third-order valence-corrected chi connectivity index (χ3v) is 1.94. The van der Waals surface area contributed by atoms with Crippen LogP contribution in [0.1, 0.15) is 5.56 Å². The number of hydrogen-bond acceptors (Lipinski definition) is 3. The molecule has 0 saturated heterocycles. The molecule has 0 aromatic heterocycles.